The summed E-state index contributed by atoms with van der Waals surface area (Å²) in [6, 6.07) is 8.34. The lowest BCUT2D eigenvalue weighted by Crippen LogP contribution is -2.52. The number of aromatic nitrogens is 3. The maximum atomic E-state index is 12.5. The summed E-state index contributed by atoms with van der Waals surface area (Å²) >= 11 is 0. The number of aryl methyl sites for hydroxylation is 1. The first-order valence-electron chi connectivity index (χ1n) is 8.81. The fourth-order valence-corrected chi connectivity index (χ4v) is 4.70. The number of sulfonamides is 1. The minimum Gasteiger partial charge on any atom is -0.332 e. The second-order valence-corrected chi connectivity index (χ2v) is 8.88. The zero-order valence-electron chi connectivity index (χ0n) is 15.1. The van der Waals surface area contributed by atoms with E-state index in [0.29, 0.717) is 13.0 Å². The Morgan fingerprint density at radius 3 is 2.93 bits per heavy atom. The second-order valence-electron chi connectivity index (χ2n) is 7.12. The van der Waals surface area contributed by atoms with Crippen molar-refractivity contribution in [1.82, 2.24) is 14.7 Å². The summed E-state index contributed by atoms with van der Waals surface area (Å²) in [4.78, 5) is 13.1. The van der Waals surface area contributed by atoms with Crippen LogP contribution in [-0.4, -0.2) is 43.6 Å². The van der Waals surface area contributed by atoms with Crippen LogP contribution in [0.2, 0.25) is 0 Å². The lowest BCUT2D eigenvalue weighted by molar-refractivity contribution is -0.366. The Kier molecular flexibility index (Phi) is 4.37. The van der Waals surface area contributed by atoms with Gasteiger partial charge < -0.3 is 10.7 Å². The molecular formula is C18H23N6O2S+. The van der Waals surface area contributed by atoms with E-state index in [9.17, 15) is 8.42 Å². The van der Waals surface area contributed by atoms with Crippen molar-refractivity contribution in [3.63, 3.8) is 0 Å². The van der Waals surface area contributed by atoms with Gasteiger partial charge in [0.05, 0.1) is 23.5 Å². The summed E-state index contributed by atoms with van der Waals surface area (Å²) in [5.41, 5.74) is 7.80. The van der Waals surface area contributed by atoms with Crippen LogP contribution in [0.4, 0.5) is 5.82 Å². The number of fused-ring (bicyclic) bond motifs is 1. The number of nitrogens with one attached hydrogen (secondary N) is 3. The molecule has 27 heavy (non-hydrogen) atoms. The van der Waals surface area contributed by atoms with E-state index in [4.69, 9.17) is 5.73 Å². The largest absolute Gasteiger partial charge is 0.332 e. The quantitative estimate of drug-likeness (QED) is 0.592. The Hall–Kier alpha value is -2.49. The molecule has 0 spiro atoms. The molecule has 1 fully saturated rings. The van der Waals surface area contributed by atoms with Crippen LogP contribution in [0.3, 0.4) is 0 Å². The maximum absolute atomic E-state index is 12.5. The standard InChI is InChI=1S/C18H22N6O2S/c1-13-9-20-16-15(13)17(22-12-21-16)24-8-7-18(19,11-24)10-23-27(25,26)14-5-3-2-4-6-14/h2-6,9,12,23H,7-8,10-11,19H2,1H3,(H,20,21,22)/p+1. The number of nitrogens with two attached hydrogens (primary N) is 1. The van der Waals surface area contributed by atoms with Gasteiger partial charge in [-0.15, -0.1) is 0 Å². The summed E-state index contributed by atoms with van der Waals surface area (Å²) in [6.07, 6.45) is 4.27. The number of hydrogen-bond acceptors (Lipinski definition) is 5. The van der Waals surface area contributed by atoms with Crippen LogP contribution in [0.1, 0.15) is 12.0 Å². The highest BCUT2D eigenvalue weighted by atomic mass is 32.2. The Morgan fingerprint density at radius 1 is 1.37 bits per heavy atom. The Balaban J connectivity index is 1.51. The highest BCUT2D eigenvalue weighted by molar-refractivity contribution is 7.89. The molecule has 0 saturated carbocycles. The SMILES string of the molecule is Cc1c[nH]c2nc[nH+]c(N3CCC(N)(CNS(=O)(=O)c4ccccc4)C3)c12. The summed E-state index contributed by atoms with van der Waals surface area (Å²) in [6.45, 7) is 3.49. The predicted octanol–water partition coefficient (Wildman–Crippen LogP) is 0.572. The van der Waals surface area contributed by atoms with Crippen LogP contribution < -0.4 is 20.3 Å². The molecule has 1 aromatic carbocycles. The maximum Gasteiger partial charge on any atom is 0.240 e. The molecule has 1 atom stereocenters. The molecule has 0 bridgehead atoms. The first kappa shape index (κ1) is 17.9. The molecule has 1 saturated heterocycles. The Morgan fingerprint density at radius 2 is 2.15 bits per heavy atom. The van der Waals surface area contributed by atoms with Crippen molar-refractivity contribution in [3.05, 3.63) is 48.4 Å². The normalized spacial score (nSPS) is 20.4. The highest BCUT2D eigenvalue weighted by Crippen LogP contribution is 2.29. The Labute approximate surface area is 157 Å². The first-order chi connectivity index (χ1) is 12.9. The van der Waals surface area contributed by atoms with Gasteiger partial charge in [-0.1, -0.05) is 23.2 Å². The van der Waals surface area contributed by atoms with Crippen molar-refractivity contribution in [2.45, 2.75) is 23.8 Å². The van der Waals surface area contributed by atoms with Crippen molar-refractivity contribution in [2.75, 3.05) is 24.5 Å². The molecule has 1 aliphatic heterocycles. The van der Waals surface area contributed by atoms with Gasteiger partial charge in [-0.05, 0) is 24.6 Å². The molecule has 1 aliphatic rings. The number of anilines is 1. The first-order valence-corrected chi connectivity index (χ1v) is 10.3. The molecule has 4 rings (SSSR count). The molecule has 8 nitrogen and oxygen atoms in total. The summed E-state index contributed by atoms with van der Waals surface area (Å²) in [7, 11) is -3.57. The fraction of sp³-hybridized carbons (Fsp3) is 0.333. The van der Waals surface area contributed by atoms with Crippen molar-refractivity contribution >= 4 is 26.9 Å². The van der Waals surface area contributed by atoms with Crippen LogP contribution in [-0.2, 0) is 10.0 Å². The van der Waals surface area contributed by atoms with E-state index < -0.39 is 15.6 Å². The van der Waals surface area contributed by atoms with Crippen LogP contribution in [0, 0.1) is 6.92 Å². The number of hydrogen-bond donors (Lipinski definition) is 3. The molecule has 5 N–H and O–H groups in total. The molecule has 3 heterocycles. The molecule has 0 amide bonds. The average molecular weight is 387 g/mol. The van der Waals surface area contributed by atoms with E-state index in [-0.39, 0.29) is 11.4 Å². The smallest absolute Gasteiger partial charge is 0.240 e. The lowest BCUT2D eigenvalue weighted by atomic mass is 10.0. The van der Waals surface area contributed by atoms with E-state index in [0.717, 1.165) is 29.0 Å². The monoisotopic (exact) mass is 387 g/mol. The zero-order chi connectivity index (χ0) is 19.1. The zero-order valence-corrected chi connectivity index (χ0v) is 15.9. The van der Waals surface area contributed by atoms with Gasteiger partial charge in [-0.2, -0.15) is 0 Å². The van der Waals surface area contributed by atoms with Crippen LogP contribution >= 0.6 is 0 Å². The lowest BCUT2D eigenvalue weighted by Gasteiger charge is -2.23. The molecular weight excluding hydrogens is 364 g/mol. The fourth-order valence-electron chi connectivity index (χ4n) is 3.54. The number of nitrogens with zero attached hydrogens (tertiary/aromatic N) is 2. The molecule has 1 unspecified atom stereocenters. The third kappa shape index (κ3) is 3.41. The van der Waals surface area contributed by atoms with Gasteiger partial charge in [0.25, 0.3) is 0 Å². The van der Waals surface area contributed by atoms with E-state index in [1.54, 1.807) is 36.7 Å². The van der Waals surface area contributed by atoms with Crippen molar-refractivity contribution in [3.8, 4) is 0 Å². The topological polar surface area (TPSA) is 118 Å². The predicted molar refractivity (Wildman–Crippen MR) is 103 cm³/mol. The minimum atomic E-state index is -3.57. The van der Waals surface area contributed by atoms with E-state index >= 15 is 0 Å². The third-order valence-corrected chi connectivity index (χ3v) is 6.47. The highest BCUT2D eigenvalue weighted by Gasteiger charge is 2.40. The van der Waals surface area contributed by atoms with Crippen LogP contribution in [0.15, 0.2) is 47.8 Å². The van der Waals surface area contributed by atoms with Gasteiger partial charge in [0.15, 0.2) is 0 Å². The van der Waals surface area contributed by atoms with Crippen LogP contribution in [0.25, 0.3) is 11.0 Å². The summed E-state index contributed by atoms with van der Waals surface area (Å²) < 4.78 is 27.6. The molecule has 2 aromatic heterocycles. The molecule has 0 radical (unpaired) electrons. The molecule has 0 aliphatic carbocycles. The molecule has 3 aromatic rings. The number of rotatable bonds is 5. The van der Waals surface area contributed by atoms with Crippen molar-refractivity contribution < 1.29 is 13.4 Å². The van der Waals surface area contributed by atoms with Gasteiger partial charge in [-0.3, -0.25) is 4.90 Å². The molecule has 142 valence electrons. The van der Waals surface area contributed by atoms with Gasteiger partial charge >= 0.3 is 0 Å². The summed E-state index contributed by atoms with van der Waals surface area (Å²) in [5.74, 6) is 0.956. The van der Waals surface area contributed by atoms with E-state index in [1.165, 1.54) is 0 Å². The summed E-state index contributed by atoms with van der Waals surface area (Å²) in [5, 5.41) is 1.03. The van der Waals surface area contributed by atoms with E-state index in [2.05, 4.69) is 24.6 Å². The number of benzene rings is 1. The van der Waals surface area contributed by atoms with Gasteiger partial charge in [0.2, 0.25) is 27.8 Å². The van der Waals surface area contributed by atoms with Crippen molar-refractivity contribution in [1.29, 1.82) is 0 Å². The van der Waals surface area contributed by atoms with Crippen molar-refractivity contribution in [2.24, 2.45) is 5.73 Å². The average Bonchev–Trinajstić information content (AvgIpc) is 3.25. The van der Waals surface area contributed by atoms with Gasteiger partial charge in [0, 0.05) is 19.2 Å². The second kappa shape index (κ2) is 6.59. The van der Waals surface area contributed by atoms with Crippen LogP contribution in [0.5, 0.6) is 0 Å². The van der Waals surface area contributed by atoms with Gasteiger partial charge in [-0.25, -0.2) is 18.1 Å². The number of H-pyrrole nitrogens is 2. The third-order valence-electron chi connectivity index (χ3n) is 5.06. The van der Waals surface area contributed by atoms with Gasteiger partial charge in [0.1, 0.15) is 5.39 Å². The minimum absolute atomic E-state index is 0.182. The Bertz CT molecular complexity index is 1070. The number of aromatic amines is 2. The van der Waals surface area contributed by atoms with E-state index in [1.807, 2.05) is 13.1 Å². The molecule has 9 heteroatoms.